The number of carbonyl (C=O) groups excluding carboxylic acids is 2. The molecule has 6 rings (SSSR count). The first-order valence-electron chi connectivity index (χ1n) is 14.8. The average Bonchev–Trinajstić information content (AvgIpc) is 3.48. The summed E-state index contributed by atoms with van der Waals surface area (Å²) in [6.45, 7) is 4.80. The standard InChI is InChI=1S/C34H36F2N2O4/c1-4-6-17-37-27-15-13-23(35)19-25(27)32(30(37)39)21-33(34(41,29(32)42-3)22-11-9-8-10-12-22)26-20-24(36)14-16-28(26)38(31(33)40)18-7-5-2/h8-16,19-20,29,41H,4-7,17-18,21H2,1-3H3. The van der Waals surface area contributed by atoms with Crippen molar-refractivity contribution < 1.29 is 28.2 Å². The van der Waals surface area contributed by atoms with Crippen molar-refractivity contribution in [3.8, 4) is 0 Å². The zero-order valence-electron chi connectivity index (χ0n) is 24.2. The normalized spacial score (nSPS) is 27.9. The van der Waals surface area contributed by atoms with Crippen molar-refractivity contribution in [2.24, 2.45) is 0 Å². The second kappa shape index (κ2) is 10.3. The molecule has 2 amide bonds. The molecule has 1 saturated carbocycles. The van der Waals surface area contributed by atoms with E-state index >= 15 is 8.78 Å². The highest BCUT2D eigenvalue weighted by Gasteiger charge is 2.80. The Kier molecular flexibility index (Phi) is 6.97. The topological polar surface area (TPSA) is 70.1 Å². The van der Waals surface area contributed by atoms with Crippen molar-refractivity contribution in [3.05, 3.63) is 95.1 Å². The first-order chi connectivity index (χ1) is 20.2. The Labute approximate surface area is 244 Å². The number of benzene rings is 3. The lowest BCUT2D eigenvalue weighted by Crippen LogP contribution is -2.58. The third-order valence-corrected chi connectivity index (χ3v) is 9.62. The first-order valence-corrected chi connectivity index (χ1v) is 14.8. The van der Waals surface area contributed by atoms with Crippen LogP contribution < -0.4 is 9.80 Å². The monoisotopic (exact) mass is 574 g/mol. The van der Waals surface area contributed by atoms with Crippen LogP contribution in [-0.2, 0) is 30.8 Å². The Morgan fingerprint density at radius 2 is 1.38 bits per heavy atom. The maximum Gasteiger partial charge on any atom is 0.241 e. The van der Waals surface area contributed by atoms with Crippen LogP contribution in [0, 0.1) is 11.6 Å². The predicted octanol–water partition coefficient (Wildman–Crippen LogP) is 5.74. The fourth-order valence-corrected chi connectivity index (χ4v) is 7.83. The molecular weight excluding hydrogens is 538 g/mol. The van der Waals surface area contributed by atoms with Crippen LogP contribution in [0.2, 0.25) is 0 Å². The lowest BCUT2D eigenvalue weighted by atomic mass is 9.66. The van der Waals surface area contributed by atoms with Crippen molar-refractivity contribution in [1.29, 1.82) is 0 Å². The molecule has 2 aliphatic heterocycles. The van der Waals surface area contributed by atoms with Crippen LogP contribution in [0.15, 0.2) is 66.7 Å². The summed E-state index contributed by atoms with van der Waals surface area (Å²) in [4.78, 5) is 33.0. The van der Waals surface area contributed by atoms with Crippen LogP contribution in [-0.4, -0.2) is 43.2 Å². The van der Waals surface area contributed by atoms with Gasteiger partial charge in [0, 0.05) is 31.6 Å². The van der Waals surface area contributed by atoms with Gasteiger partial charge in [-0.05, 0) is 72.4 Å². The van der Waals surface area contributed by atoms with E-state index in [0.717, 1.165) is 12.8 Å². The fraction of sp³-hybridized carbons (Fsp3) is 0.412. The fourth-order valence-electron chi connectivity index (χ4n) is 7.83. The molecule has 3 aliphatic rings. The van der Waals surface area contributed by atoms with E-state index in [1.807, 2.05) is 13.8 Å². The molecule has 0 aromatic heterocycles. The predicted molar refractivity (Wildman–Crippen MR) is 156 cm³/mol. The van der Waals surface area contributed by atoms with Gasteiger partial charge in [0.15, 0.2) is 0 Å². The second-order valence-corrected chi connectivity index (χ2v) is 11.7. The van der Waals surface area contributed by atoms with E-state index < -0.39 is 40.1 Å². The third kappa shape index (κ3) is 3.54. The number of hydrogen-bond donors (Lipinski definition) is 1. The maximum atomic E-state index is 15.1. The minimum Gasteiger partial charge on any atom is -0.381 e. The van der Waals surface area contributed by atoms with Gasteiger partial charge in [-0.25, -0.2) is 8.78 Å². The molecule has 2 spiro atoms. The summed E-state index contributed by atoms with van der Waals surface area (Å²) in [6, 6.07) is 17.1. The smallest absolute Gasteiger partial charge is 0.241 e. The summed E-state index contributed by atoms with van der Waals surface area (Å²) in [5.41, 5.74) is -3.42. The van der Waals surface area contributed by atoms with Crippen molar-refractivity contribution in [2.75, 3.05) is 30.0 Å². The van der Waals surface area contributed by atoms with Crippen LogP contribution in [0.25, 0.3) is 0 Å². The van der Waals surface area contributed by atoms with Gasteiger partial charge in [0.1, 0.15) is 34.2 Å². The van der Waals surface area contributed by atoms with Crippen LogP contribution >= 0.6 is 0 Å². The lowest BCUT2D eigenvalue weighted by Gasteiger charge is -2.42. The Balaban J connectivity index is 1.70. The quantitative estimate of drug-likeness (QED) is 0.373. The molecule has 1 aliphatic carbocycles. The summed E-state index contributed by atoms with van der Waals surface area (Å²) < 4.78 is 36.3. The number of halogens is 2. The van der Waals surface area contributed by atoms with Crippen molar-refractivity contribution >= 4 is 23.2 Å². The lowest BCUT2D eigenvalue weighted by molar-refractivity contribution is -0.153. The number of unbranched alkanes of at least 4 members (excludes halogenated alkanes) is 2. The van der Waals surface area contributed by atoms with E-state index in [1.54, 1.807) is 52.3 Å². The number of rotatable bonds is 8. The Hall–Kier alpha value is -3.62. The number of aliphatic hydroxyl groups is 1. The number of hydrogen-bond acceptors (Lipinski definition) is 4. The van der Waals surface area contributed by atoms with Gasteiger partial charge < -0.3 is 19.6 Å². The molecule has 1 fully saturated rings. The summed E-state index contributed by atoms with van der Waals surface area (Å²) in [5.74, 6) is -1.87. The molecule has 8 heteroatoms. The molecule has 4 unspecified atom stereocenters. The third-order valence-electron chi connectivity index (χ3n) is 9.62. The number of fused-ring (bicyclic) bond motifs is 4. The van der Waals surface area contributed by atoms with Crippen LogP contribution in [0.4, 0.5) is 20.2 Å². The Morgan fingerprint density at radius 3 is 1.95 bits per heavy atom. The van der Waals surface area contributed by atoms with E-state index in [0.29, 0.717) is 54.0 Å². The van der Waals surface area contributed by atoms with E-state index in [1.165, 1.54) is 31.4 Å². The van der Waals surface area contributed by atoms with E-state index in [4.69, 9.17) is 4.74 Å². The van der Waals surface area contributed by atoms with E-state index in [9.17, 15) is 14.7 Å². The highest BCUT2D eigenvalue weighted by Crippen LogP contribution is 2.69. The van der Waals surface area contributed by atoms with Crippen molar-refractivity contribution in [1.82, 2.24) is 0 Å². The van der Waals surface area contributed by atoms with Crippen molar-refractivity contribution in [2.45, 2.75) is 68.5 Å². The summed E-state index contributed by atoms with van der Waals surface area (Å²) >= 11 is 0. The minimum atomic E-state index is -2.11. The van der Waals surface area contributed by atoms with Gasteiger partial charge in [-0.15, -0.1) is 0 Å². The van der Waals surface area contributed by atoms with Gasteiger partial charge in [-0.2, -0.15) is 0 Å². The number of carbonyl (C=O) groups is 2. The molecule has 0 bridgehead atoms. The minimum absolute atomic E-state index is 0.209. The summed E-state index contributed by atoms with van der Waals surface area (Å²) in [7, 11) is 1.40. The molecular formula is C34H36F2N2O4. The van der Waals surface area contributed by atoms with Gasteiger partial charge >= 0.3 is 0 Å². The molecule has 0 radical (unpaired) electrons. The number of amides is 2. The Bertz CT molecular complexity index is 1550. The maximum absolute atomic E-state index is 15.1. The molecule has 42 heavy (non-hydrogen) atoms. The molecule has 3 aromatic carbocycles. The molecule has 1 N–H and O–H groups in total. The highest BCUT2D eigenvalue weighted by molar-refractivity contribution is 6.14. The second-order valence-electron chi connectivity index (χ2n) is 11.7. The van der Waals surface area contributed by atoms with Crippen LogP contribution in [0.3, 0.4) is 0 Å². The number of methoxy groups -OCH3 is 1. The number of ether oxygens (including phenoxy) is 1. The highest BCUT2D eigenvalue weighted by atomic mass is 19.1. The van der Waals surface area contributed by atoms with Gasteiger partial charge in [-0.3, -0.25) is 9.59 Å². The first kappa shape index (κ1) is 28.5. The average molecular weight is 575 g/mol. The molecule has 4 atom stereocenters. The zero-order valence-corrected chi connectivity index (χ0v) is 24.2. The van der Waals surface area contributed by atoms with E-state index in [-0.39, 0.29) is 12.3 Å². The molecule has 220 valence electrons. The van der Waals surface area contributed by atoms with Gasteiger partial charge in [0.25, 0.3) is 0 Å². The molecule has 2 heterocycles. The molecule has 0 saturated heterocycles. The molecule has 6 nitrogen and oxygen atoms in total. The number of nitrogens with zero attached hydrogens (tertiary/aromatic N) is 2. The van der Waals surface area contributed by atoms with Gasteiger partial charge in [0.2, 0.25) is 11.8 Å². The SMILES string of the molecule is CCCCN1C(=O)C2(CC3(C(=O)N(CCCC)c4ccc(F)cc43)C(O)(c3ccccc3)C2OC)c2cc(F)ccc21. The zero-order chi connectivity index (χ0) is 29.9. The van der Waals surface area contributed by atoms with Crippen LogP contribution in [0.5, 0.6) is 0 Å². The van der Waals surface area contributed by atoms with Crippen molar-refractivity contribution in [3.63, 3.8) is 0 Å². The van der Waals surface area contributed by atoms with Gasteiger partial charge in [-0.1, -0.05) is 57.0 Å². The summed E-state index contributed by atoms with van der Waals surface area (Å²) in [6.07, 6.45) is 1.55. The Morgan fingerprint density at radius 1 is 0.833 bits per heavy atom. The van der Waals surface area contributed by atoms with Crippen LogP contribution in [0.1, 0.15) is 62.6 Å². The number of anilines is 2. The van der Waals surface area contributed by atoms with E-state index in [2.05, 4.69) is 0 Å². The van der Waals surface area contributed by atoms with Gasteiger partial charge in [0.05, 0.1) is 0 Å². The largest absolute Gasteiger partial charge is 0.381 e. The summed E-state index contributed by atoms with van der Waals surface area (Å²) in [5, 5.41) is 13.3. The molecule has 3 aromatic rings.